The third-order valence-electron chi connectivity index (χ3n) is 2.32. The van der Waals surface area contributed by atoms with Crippen LogP contribution in [0.5, 0.6) is 0 Å². The molecule has 0 unspecified atom stereocenters. The molecule has 0 spiro atoms. The molecular weight excluding hydrogens is 202 g/mol. The van der Waals surface area contributed by atoms with Crippen LogP contribution < -0.4 is 10.6 Å². The summed E-state index contributed by atoms with van der Waals surface area (Å²) in [6, 6.07) is 3.61. The summed E-state index contributed by atoms with van der Waals surface area (Å²) in [7, 11) is 6.01. The molecule has 0 aliphatic rings. The largest absolute Gasteiger partial charge is 0.384 e. The van der Waals surface area contributed by atoms with Gasteiger partial charge in [-0.15, -0.1) is 0 Å². The van der Waals surface area contributed by atoms with E-state index in [1.807, 2.05) is 32.1 Å². The maximum Gasteiger partial charge on any atom is 0.139 e. The van der Waals surface area contributed by atoms with Crippen molar-refractivity contribution in [3.63, 3.8) is 0 Å². The molecule has 1 aromatic rings. The van der Waals surface area contributed by atoms with E-state index in [2.05, 4.69) is 9.88 Å². The average Bonchev–Trinajstić information content (AvgIpc) is 2.25. The van der Waals surface area contributed by atoms with E-state index in [1.54, 1.807) is 12.3 Å². The Hall–Kier alpha value is -1.62. The zero-order valence-corrected chi connectivity index (χ0v) is 10.1. The van der Waals surface area contributed by atoms with Gasteiger partial charge in [0.15, 0.2) is 0 Å². The molecule has 5 heteroatoms. The second-order valence-corrected chi connectivity index (χ2v) is 4.01. The van der Waals surface area contributed by atoms with Crippen molar-refractivity contribution in [2.45, 2.75) is 0 Å². The quantitative estimate of drug-likeness (QED) is 0.556. The van der Waals surface area contributed by atoms with E-state index in [-0.39, 0.29) is 5.84 Å². The Kier molecular flexibility index (Phi) is 4.25. The van der Waals surface area contributed by atoms with Crippen molar-refractivity contribution in [1.82, 2.24) is 9.88 Å². The molecule has 0 aromatic carbocycles. The molecule has 3 N–H and O–H groups in total. The normalized spacial score (nSPS) is 10.5. The van der Waals surface area contributed by atoms with Gasteiger partial charge in [-0.1, -0.05) is 0 Å². The van der Waals surface area contributed by atoms with E-state index in [0.717, 1.165) is 18.9 Å². The summed E-state index contributed by atoms with van der Waals surface area (Å²) in [5, 5.41) is 7.49. The number of nitrogen functional groups attached to an aromatic ring is 1. The van der Waals surface area contributed by atoms with Crippen LogP contribution in [0.3, 0.4) is 0 Å². The van der Waals surface area contributed by atoms with Crippen LogP contribution in [0.15, 0.2) is 18.3 Å². The van der Waals surface area contributed by atoms with Crippen LogP contribution in [0, 0.1) is 5.41 Å². The molecule has 0 aliphatic carbocycles. The SMILES string of the molecule is CN(C)CCN(C)c1ncccc1C(=N)N. The molecule has 16 heavy (non-hydrogen) atoms. The highest BCUT2D eigenvalue weighted by Crippen LogP contribution is 2.14. The molecule has 0 atom stereocenters. The van der Waals surface area contributed by atoms with Crippen LogP contribution in [0.2, 0.25) is 0 Å². The molecule has 0 saturated carbocycles. The Bertz CT molecular complexity index is 361. The first-order valence-electron chi connectivity index (χ1n) is 5.17. The topological polar surface area (TPSA) is 69.2 Å². The number of amidine groups is 1. The molecule has 0 radical (unpaired) electrons. The second kappa shape index (κ2) is 5.46. The van der Waals surface area contributed by atoms with Gasteiger partial charge in [-0.3, -0.25) is 5.41 Å². The Morgan fingerprint density at radius 3 is 2.62 bits per heavy atom. The number of hydrogen-bond donors (Lipinski definition) is 2. The van der Waals surface area contributed by atoms with Crippen molar-refractivity contribution in [3.05, 3.63) is 23.9 Å². The van der Waals surface area contributed by atoms with Gasteiger partial charge in [0.25, 0.3) is 0 Å². The Morgan fingerprint density at radius 2 is 2.06 bits per heavy atom. The van der Waals surface area contributed by atoms with Gasteiger partial charge >= 0.3 is 0 Å². The minimum absolute atomic E-state index is 0.0554. The number of rotatable bonds is 5. The fourth-order valence-electron chi connectivity index (χ4n) is 1.37. The number of nitrogens with one attached hydrogen (secondary N) is 1. The Balaban J connectivity index is 2.82. The molecule has 0 bridgehead atoms. The van der Waals surface area contributed by atoms with Crippen LogP contribution in [-0.2, 0) is 0 Å². The van der Waals surface area contributed by atoms with E-state index in [4.69, 9.17) is 11.1 Å². The lowest BCUT2D eigenvalue weighted by Crippen LogP contribution is -2.30. The number of nitrogens with two attached hydrogens (primary N) is 1. The fraction of sp³-hybridized carbons (Fsp3) is 0.455. The molecule has 0 aliphatic heterocycles. The first kappa shape index (κ1) is 12.4. The first-order chi connectivity index (χ1) is 7.52. The molecule has 0 fully saturated rings. The molecule has 1 heterocycles. The van der Waals surface area contributed by atoms with Gasteiger partial charge in [-0.05, 0) is 26.2 Å². The summed E-state index contributed by atoms with van der Waals surface area (Å²) >= 11 is 0. The van der Waals surface area contributed by atoms with E-state index in [0.29, 0.717) is 5.56 Å². The first-order valence-corrected chi connectivity index (χ1v) is 5.17. The van der Waals surface area contributed by atoms with Crippen molar-refractivity contribution >= 4 is 11.7 Å². The van der Waals surface area contributed by atoms with Gasteiger partial charge in [-0.25, -0.2) is 4.98 Å². The predicted molar refractivity (Wildman–Crippen MR) is 67.1 cm³/mol. The maximum atomic E-state index is 7.49. The standard InChI is InChI=1S/C11H19N5/c1-15(2)7-8-16(3)11-9(10(12)13)5-4-6-14-11/h4-6H,7-8H2,1-3H3,(H3,12,13). The molecule has 88 valence electrons. The minimum Gasteiger partial charge on any atom is -0.384 e. The third-order valence-corrected chi connectivity index (χ3v) is 2.32. The lowest BCUT2D eigenvalue weighted by molar-refractivity contribution is 0.416. The van der Waals surface area contributed by atoms with Gasteiger partial charge in [0.1, 0.15) is 11.7 Å². The zero-order chi connectivity index (χ0) is 12.1. The van der Waals surface area contributed by atoms with E-state index < -0.39 is 0 Å². The van der Waals surface area contributed by atoms with Crippen molar-refractivity contribution in [1.29, 1.82) is 5.41 Å². The van der Waals surface area contributed by atoms with Crippen molar-refractivity contribution < 1.29 is 0 Å². The minimum atomic E-state index is 0.0554. The fourth-order valence-corrected chi connectivity index (χ4v) is 1.37. The molecule has 0 saturated heterocycles. The van der Waals surface area contributed by atoms with Gasteiger partial charge < -0.3 is 15.5 Å². The number of nitrogens with zero attached hydrogens (tertiary/aromatic N) is 3. The average molecular weight is 221 g/mol. The lowest BCUT2D eigenvalue weighted by atomic mass is 10.2. The van der Waals surface area contributed by atoms with Crippen LogP contribution >= 0.6 is 0 Å². The summed E-state index contributed by atoms with van der Waals surface area (Å²) in [6.45, 7) is 1.79. The third kappa shape index (κ3) is 3.20. The van der Waals surface area contributed by atoms with Crippen molar-refractivity contribution in [3.8, 4) is 0 Å². The second-order valence-electron chi connectivity index (χ2n) is 4.01. The van der Waals surface area contributed by atoms with E-state index in [9.17, 15) is 0 Å². The zero-order valence-electron chi connectivity index (χ0n) is 10.1. The molecular formula is C11H19N5. The molecule has 5 nitrogen and oxygen atoms in total. The number of aromatic nitrogens is 1. The number of pyridine rings is 1. The van der Waals surface area contributed by atoms with Gasteiger partial charge in [-0.2, -0.15) is 0 Å². The summed E-state index contributed by atoms with van der Waals surface area (Å²) in [6.07, 6.45) is 1.72. The number of hydrogen-bond acceptors (Lipinski definition) is 4. The number of anilines is 1. The highest BCUT2D eigenvalue weighted by atomic mass is 15.2. The predicted octanol–water partition coefficient (Wildman–Crippen LogP) is 0.363. The highest BCUT2D eigenvalue weighted by Gasteiger charge is 2.10. The molecule has 1 rings (SSSR count). The van der Waals surface area contributed by atoms with E-state index in [1.165, 1.54) is 0 Å². The maximum absolute atomic E-state index is 7.49. The summed E-state index contributed by atoms with van der Waals surface area (Å²) in [5.41, 5.74) is 6.20. The van der Waals surface area contributed by atoms with Crippen molar-refractivity contribution in [2.75, 3.05) is 39.1 Å². The van der Waals surface area contributed by atoms with E-state index >= 15 is 0 Å². The Labute approximate surface area is 96.4 Å². The smallest absolute Gasteiger partial charge is 0.139 e. The summed E-state index contributed by atoms with van der Waals surface area (Å²) < 4.78 is 0. The lowest BCUT2D eigenvalue weighted by Gasteiger charge is -2.22. The monoisotopic (exact) mass is 221 g/mol. The van der Waals surface area contributed by atoms with Gasteiger partial charge in [0.2, 0.25) is 0 Å². The van der Waals surface area contributed by atoms with Crippen molar-refractivity contribution in [2.24, 2.45) is 5.73 Å². The van der Waals surface area contributed by atoms with Crippen LogP contribution in [0.4, 0.5) is 5.82 Å². The summed E-state index contributed by atoms with van der Waals surface area (Å²) in [5.74, 6) is 0.816. The molecule has 1 aromatic heterocycles. The Morgan fingerprint density at radius 1 is 1.38 bits per heavy atom. The van der Waals surface area contributed by atoms with Crippen LogP contribution in [0.25, 0.3) is 0 Å². The number of likely N-dealkylation sites (N-methyl/N-ethyl adjacent to an activating group) is 2. The van der Waals surface area contributed by atoms with Gasteiger partial charge in [0.05, 0.1) is 5.56 Å². The van der Waals surface area contributed by atoms with Crippen LogP contribution in [-0.4, -0.2) is 50.0 Å². The molecule has 0 amide bonds. The highest BCUT2D eigenvalue weighted by molar-refractivity contribution is 5.99. The van der Waals surface area contributed by atoms with Gasteiger partial charge in [0, 0.05) is 26.3 Å². The summed E-state index contributed by atoms with van der Waals surface area (Å²) in [4.78, 5) is 8.38. The van der Waals surface area contributed by atoms with Crippen LogP contribution in [0.1, 0.15) is 5.56 Å².